The summed E-state index contributed by atoms with van der Waals surface area (Å²) in [5, 5.41) is 14.3. The first-order chi connectivity index (χ1) is 9.25. The highest BCUT2D eigenvalue weighted by atomic mass is 32.1. The summed E-state index contributed by atoms with van der Waals surface area (Å²) < 4.78 is 5.30. The summed E-state index contributed by atoms with van der Waals surface area (Å²) in [6.45, 7) is 0.138. The summed E-state index contributed by atoms with van der Waals surface area (Å²) in [5.41, 5.74) is 0. The number of carbonyl (C=O) groups excluding carboxylic acids is 1. The molecule has 0 saturated heterocycles. The molecule has 1 aromatic heterocycles. The van der Waals surface area contributed by atoms with Crippen LogP contribution in [0.4, 0.5) is 0 Å². The highest BCUT2D eigenvalue weighted by molar-refractivity contribution is 7.10. The van der Waals surface area contributed by atoms with Gasteiger partial charge < -0.3 is 15.2 Å². The fraction of sp³-hybridized carbons (Fsp3) is 0.214. The Morgan fingerprint density at radius 2 is 2.05 bits per heavy atom. The van der Waals surface area contributed by atoms with Crippen LogP contribution in [-0.4, -0.2) is 24.2 Å². The van der Waals surface area contributed by atoms with Crippen molar-refractivity contribution in [2.45, 2.75) is 6.10 Å². The van der Waals surface area contributed by atoms with Gasteiger partial charge in [0.25, 0.3) is 5.91 Å². The maximum absolute atomic E-state index is 11.5. The Kier molecular flexibility index (Phi) is 4.94. The summed E-state index contributed by atoms with van der Waals surface area (Å²) in [5.74, 6) is 0.399. The summed E-state index contributed by atoms with van der Waals surface area (Å²) >= 11 is 1.46. The Labute approximate surface area is 115 Å². The van der Waals surface area contributed by atoms with Gasteiger partial charge in [-0.2, -0.15) is 0 Å². The van der Waals surface area contributed by atoms with E-state index in [2.05, 4.69) is 5.32 Å². The molecule has 2 rings (SSSR count). The Morgan fingerprint density at radius 3 is 2.74 bits per heavy atom. The van der Waals surface area contributed by atoms with E-state index in [0.717, 1.165) is 4.88 Å². The number of para-hydroxylation sites is 1. The molecule has 0 radical (unpaired) electrons. The van der Waals surface area contributed by atoms with Crippen molar-refractivity contribution in [3.05, 3.63) is 52.7 Å². The number of thiophene rings is 1. The zero-order valence-corrected chi connectivity index (χ0v) is 11.1. The molecule has 2 N–H and O–H groups in total. The smallest absolute Gasteiger partial charge is 0.258 e. The predicted molar refractivity (Wildman–Crippen MR) is 74.2 cm³/mol. The molecule has 0 saturated carbocycles. The minimum Gasteiger partial charge on any atom is -0.484 e. The monoisotopic (exact) mass is 277 g/mol. The van der Waals surface area contributed by atoms with Crippen LogP contribution >= 0.6 is 11.3 Å². The minimum absolute atomic E-state index is 0.0544. The second-order valence-corrected chi connectivity index (χ2v) is 4.92. The number of aliphatic hydroxyl groups excluding tert-OH is 1. The van der Waals surface area contributed by atoms with Crippen molar-refractivity contribution >= 4 is 17.2 Å². The lowest BCUT2D eigenvalue weighted by molar-refractivity contribution is -0.123. The maximum Gasteiger partial charge on any atom is 0.258 e. The Hall–Kier alpha value is -1.85. The predicted octanol–water partition coefficient (Wildman–Crippen LogP) is 1.98. The third kappa shape index (κ3) is 4.39. The molecule has 2 aromatic rings. The number of hydrogen-bond acceptors (Lipinski definition) is 4. The average Bonchev–Trinajstić information content (AvgIpc) is 2.98. The number of aliphatic hydroxyl groups is 1. The largest absolute Gasteiger partial charge is 0.484 e. The highest BCUT2D eigenvalue weighted by Gasteiger charge is 2.10. The number of rotatable bonds is 6. The van der Waals surface area contributed by atoms with Gasteiger partial charge in [-0.3, -0.25) is 4.79 Å². The third-order valence-electron chi connectivity index (χ3n) is 2.48. The van der Waals surface area contributed by atoms with E-state index in [9.17, 15) is 9.90 Å². The van der Waals surface area contributed by atoms with Crippen LogP contribution < -0.4 is 10.1 Å². The molecule has 19 heavy (non-hydrogen) atoms. The van der Waals surface area contributed by atoms with Gasteiger partial charge in [-0.1, -0.05) is 24.3 Å². The van der Waals surface area contributed by atoms with Crippen molar-refractivity contribution in [2.75, 3.05) is 13.2 Å². The van der Waals surface area contributed by atoms with Gasteiger partial charge in [-0.05, 0) is 23.6 Å². The lowest BCUT2D eigenvalue weighted by Gasteiger charge is -2.10. The molecule has 1 unspecified atom stereocenters. The summed E-state index contributed by atoms with van der Waals surface area (Å²) in [7, 11) is 0. The fourth-order valence-electron chi connectivity index (χ4n) is 1.51. The average molecular weight is 277 g/mol. The molecule has 0 spiro atoms. The second-order valence-electron chi connectivity index (χ2n) is 3.94. The summed E-state index contributed by atoms with van der Waals surface area (Å²) in [6, 6.07) is 12.8. The van der Waals surface area contributed by atoms with Crippen LogP contribution in [-0.2, 0) is 4.79 Å². The maximum atomic E-state index is 11.5. The van der Waals surface area contributed by atoms with E-state index in [1.165, 1.54) is 11.3 Å². The summed E-state index contributed by atoms with van der Waals surface area (Å²) in [4.78, 5) is 12.4. The molecule has 5 heteroatoms. The number of benzene rings is 1. The van der Waals surface area contributed by atoms with Gasteiger partial charge in [0.05, 0.1) is 0 Å². The fourth-order valence-corrected chi connectivity index (χ4v) is 2.22. The SMILES string of the molecule is O=C(COc1ccccc1)NCC(O)c1cccs1. The van der Waals surface area contributed by atoms with Crippen LogP contribution in [0, 0.1) is 0 Å². The molecule has 1 atom stereocenters. The minimum atomic E-state index is -0.666. The van der Waals surface area contributed by atoms with Crippen LogP contribution in [0.1, 0.15) is 11.0 Å². The molecule has 1 amide bonds. The molecular weight excluding hydrogens is 262 g/mol. The third-order valence-corrected chi connectivity index (χ3v) is 3.45. The first-order valence-corrected chi connectivity index (χ1v) is 6.79. The number of carbonyl (C=O) groups is 1. The Bertz CT molecular complexity index is 499. The van der Waals surface area contributed by atoms with E-state index in [0.29, 0.717) is 5.75 Å². The van der Waals surface area contributed by atoms with Gasteiger partial charge in [0.1, 0.15) is 11.9 Å². The van der Waals surface area contributed by atoms with Crippen LogP contribution in [0.2, 0.25) is 0 Å². The lowest BCUT2D eigenvalue weighted by atomic mass is 10.3. The van der Waals surface area contributed by atoms with E-state index >= 15 is 0 Å². The molecule has 0 bridgehead atoms. The van der Waals surface area contributed by atoms with Crippen LogP contribution in [0.5, 0.6) is 5.75 Å². The summed E-state index contributed by atoms with van der Waals surface area (Å²) in [6.07, 6.45) is -0.666. The van der Waals surface area contributed by atoms with Crippen molar-refractivity contribution in [1.82, 2.24) is 5.32 Å². The van der Waals surface area contributed by atoms with Gasteiger partial charge in [0.2, 0.25) is 0 Å². The van der Waals surface area contributed by atoms with Crippen LogP contribution in [0.3, 0.4) is 0 Å². The topological polar surface area (TPSA) is 58.6 Å². The molecule has 1 aromatic carbocycles. The van der Waals surface area contributed by atoms with E-state index in [-0.39, 0.29) is 19.1 Å². The van der Waals surface area contributed by atoms with Crippen molar-refractivity contribution in [3.63, 3.8) is 0 Å². The van der Waals surface area contributed by atoms with Gasteiger partial charge in [0, 0.05) is 11.4 Å². The van der Waals surface area contributed by atoms with E-state index in [4.69, 9.17) is 4.74 Å². The molecular formula is C14H15NO3S. The lowest BCUT2D eigenvalue weighted by Crippen LogP contribution is -2.32. The second kappa shape index (κ2) is 6.92. The molecule has 0 fully saturated rings. The van der Waals surface area contributed by atoms with Crippen molar-refractivity contribution in [3.8, 4) is 5.75 Å². The number of amides is 1. The number of nitrogens with one attached hydrogen (secondary N) is 1. The molecule has 0 aliphatic heterocycles. The van der Waals surface area contributed by atoms with Crippen LogP contribution in [0.25, 0.3) is 0 Å². The highest BCUT2D eigenvalue weighted by Crippen LogP contribution is 2.17. The Balaban J connectivity index is 1.70. The molecule has 0 aliphatic rings. The van der Waals surface area contributed by atoms with E-state index in [1.54, 1.807) is 12.1 Å². The quantitative estimate of drug-likeness (QED) is 0.849. The zero-order valence-electron chi connectivity index (χ0n) is 10.3. The van der Waals surface area contributed by atoms with E-state index in [1.807, 2.05) is 35.7 Å². The Morgan fingerprint density at radius 1 is 1.26 bits per heavy atom. The molecule has 100 valence electrons. The van der Waals surface area contributed by atoms with Crippen molar-refractivity contribution in [1.29, 1.82) is 0 Å². The molecule has 1 heterocycles. The van der Waals surface area contributed by atoms with Gasteiger partial charge in [-0.25, -0.2) is 0 Å². The van der Waals surface area contributed by atoms with Crippen molar-refractivity contribution < 1.29 is 14.6 Å². The van der Waals surface area contributed by atoms with Crippen LogP contribution in [0.15, 0.2) is 47.8 Å². The standard InChI is InChI=1S/C14H15NO3S/c16-12(13-7-4-8-19-13)9-15-14(17)10-18-11-5-2-1-3-6-11/h1-8,12,16H,9-10H2,(H,15,17). The van der Waals surface area contributed by atoms with Gasteiger partial charge in [-0.15, -0.1) is 11.3 Å². The first-order valence-electron chi connectivity index (χ1n) is 5.92. The number of hydrogen-bond donors (Lipinski definition) is 2. The van der Waals surface area contributed by atoms with Gasteiger partial charge in [0.15, 0.2) is 6.61 Å². The van der Waals surface area contributed by atoms with E-state index < -0.39 is 6.10 Å². The first kappa shape index (κ1) is 13.6. The molecule has 0 aliphatic carbocycles. The number of ether oxygens (including phenoxy) is 1. The van der Waals surface area contributed by atoms with Crippen molar-refractivity contribution in [2.24, 2.45) is 0 Å². The normalized spacial score (nSPS) is 11.8. The molecule has 4 nitrogen and oxygen atoms in total. The zero-order chi connectivity index (χ0) is 13.5. The van der Waals surface area contributed by atoms with Gasteiger partial charge >= 0.3 is 0 Å².